The number of nitrogens with one attached hydrogen (secondary N) is 2. The zero-order valence-electron chi connectivity index (χ0n) is 11.2. The van der Waals surface area contributed by atoms with E-state index < -0.39 is 11.6 Å². The van der Waals surface area contributed by atoms with E-state index in [1.165, 1.54) is 0 Å². The zero-order chi connectivity index (χ0) is 14.2. The Morgan fingerprint density at radius 3 is 2.63 bits per heavy atom. The van der Waals surface area contributed by atoms with Crippen LogP contribution < -0.4 is 16.4 Å². The van der Waals surface area contributed by atoms with E-state index in [4.69, 9.17) is 5.73 Å². The smallest absolute Gasteiger partial charge is 0.322 e. The van der Waals surface area contributed by atoms with Gasteiger partial charge in [-0.25, -0.2) is 4.79 Å². The summed E-state index contributed by atoms with van der Waals surface area (Å²) in [7, 11) is 0. The first-order chi connectivity index (χ1) is 8.89. The van der Waals surface area contributed by atoms with Gasteiger partial charge >= 0.3 is 6.03 Å². The van der Waals surface area contributed by atoms with Gasteiger partial charge in [0.2, 0.25) is 5.91 Å². The Kier molecular flexibility index (Phi) is 3.49. The lowest BCUT2D eigenvalue weighted by Crippen LogP contribution is -2.50. The first kappa shape index (κ1) is 13.8. The van der Waals surface area contributed by atoms with Crippen molar-refractivity contribution in [1.82, 2.24) is 15.5 Å². The average Bonchev–Trinajstić information content (AvgIpc) is 2.85. The molecule has 0 saturated carbocycles. The minimum Gasteiger partial charge on any atom is -0.339 e. The van der Waals surface area contributed by atoms with Gasteiger partial charge in [-0.15, -0.1) is 0 Å². The van der Waals surface area contributed by atoms with Crippen LogP contribution in [0.3, 0.4) is 0 Å². The predicted octanol–water partition coefficient (Wildman–Crippen LogP) is -0.972. The monoisotopic (exact) mass is 268 g/mol. The van der Waals surface area contributed by atoms with E-state index in [1.54, 1.807) is 4.90 Å². The van der Waals surface area contributed by atoms with Crippen molar-refractivity contribution in [1.29, 1.82) is 0 Å². The van der Waals surface area contributed by atoms with Crippen molar-refractivity contribution in [3.05, 3.63) is 0 Å². The van der Waals surface area contributed by atoms with E-state index in [2.05, 4.69) is 10.6 Å². The minimum atomic E-state index is -0.942. The molecule has 2 fully saturated rings. The van der Waals surface area contributed by atoms with E-state index in [9.17, 15) is 14.4 Å². The third kappa shape index (κ3) is 2.30. The summed E-state index contributed by atoms with van der Waals surface area (Å²) in [4.78, 5) is 37.0. The maximum Gasteiger partial charge on any atom is 0.322 e. The highest BCUT2D eigenvalue weighted by Crippen LogP contribution is 2.26. The third-order valence-corrected chi connectivity index (χ3v) is 3.97. The predicted molar refractivity (Wildman–Crippen MR) is 68.0 cm³/mol. The normalized spacial score (nSPS) is 27.9. The summed E-state index contributed by atoms with van der Waals surface area (Å²) >= 11 is 0. The number of amides is 4. The highest BCUT2D eigenvalue weighted by molar-refractivity contribution is 6.07. The number of carbonyl (C=O) groups excluding carboxylic acids is 3. The zero-order valence-corrected chi connectivity index (χ0v) is 11.2. The van der Waals surface area contributed by atoms with Gasteiger partial charge in [-0.2, -0.15) is 0 Å². The van der Waals surface area contributed by atoms with Crippen LogP contribution in [0.1, 0.15) is 20.3 Å². The molecule has 2 rings (SSSR count). The van der Waals surface area contributed by atoms with Crippen LogP contribution in [0.25, 0.3) is 0 Å². The molecule has 2 saturated heterocycles. The van der Waals surface area contributed by atoms with Crippen LogP contribution in [-0.4, -0.2) is 47.9 Å². The first-order valence-corrected chi connectivity index (χ1v) is 6.52. The molecule has 2 heterocycles. The lowest BCUT2D eigenvalue weighted by atomic mass is 9.94. The highest BCUT2D eigenvalue weighted by atomic mass is 16.2. The molecule has 0 radical (unpaired) electrons. The van der Waals surface area contributed by atoms with Gasteiger partial charge < -0.3 is 16.0 Å². The van der Waals surface area contributed by atoms with E-state index in [0.29, 0.717) is 19.5 Å². The molecular formula is C12H20N4O3. The molecule has 4 amide bonds. The summed E-state index contributed by atoms with van der Waals surface area (Å²) in [5.41, 5.74) is 4.70. The van der Waals surface area contributed by atoms with E-state index in [-0.39, 0.29) is 30.2 Å². The van der Waals surface area contributed by atoms with Crippen LogP contribution in [0.4, 0.5) is 4.79 Å². The Morgan fingerprint density at radius 1 is 1.47 bits per heavy atom. The van der Waals surface area contributed by atoms with E-state index >= 15 is 0 Å². The molecule has 2 aliphatic heterocycles. The van der Waals surface area contributed by atoms with Crippen molar-refractivity contribution in [3.63, 3.8) is 0 Å². The molecule has 0 aromatic heterocycles. The van der Waals surface area contributed by atoms with Gasteiger partial charge in [-0.05, 0) is 12.3 Å². The summed E-state index contributed by atoms with van der Waals surface area (Å²) in [6.45, 7) is 4.89. The fraction of sp³-hybridized carbons (Fsp3) is 0.750. The number of hydrogen-bond donors (Lipinski definition) is 3. The second kappa shape index (κ2) is 4.80. The molecule has 19 heavy (non-hydrogen) atoms. The molecule has 4 N–H and O–H groups in total. The van der Waals surface area contributed by atoms with Crippen molar-refractivity contribution in [2.45, 2.75) is 25.8 Å². The fourth-order valence-electron chi connectivity index (χ4n) is 2.71. The second-order valence-corrected chi connectivity index (χ2v) is 5.59. The summed E-state index contributed by atoms with van der Waals surface area (Å²) in [6, 6.07) is -0.487. The summed E-state index contributed by atoms with van der Waals surface area (Å²) in [5.74, 6) is -0.471. The molecule has 7 nitrogen and oxygen atoms in total. The van der Waals surface area contributed by atoms with E-state index in [1.807, 2.05) is 13.8 Å². The second-order valence-electron chi connectivity index (χ2n) is 5.59. The van der Waals surface area contributed by atoms with Gasteiger partial charge in [-0.1, -0.05) is 13.8 Å². The number of imide groups is 1. The van der Waals surface area contributed by atoms with Crippen LogP contribution >= 0.6 is 0 Å². The molecule has 0 aromatic carbocycles. The maximum absolute atomic E-state index is 12.3. The summed E-state index contributed by atoms with van der Waals surface area (Å²) in [5, 5.41) is 4.85. The van der Waals surface area contributed by atoms with Gasteiger partial charge in [0.05, 0.1) is 12.5 Å². The number of urea groups is 1. The largest absolute Gasteiger partial charge is 0.339 e. The molecule has 0 aromatic rings. The Labute approximate surface area is 111 Å². The molecule has 1 spiro atoms. The Hall–Kier alpha value is -1.63. The highest BCUT2D eigenvalue weighted by Gasteiger charge is 2.52. The average molecular weight is 268 g/mol. The number of nitrogens with two attached hydrogens (primary N) is 1. The Bertz CT molecular complexity index is 423. The maximum atomic E-state index is 12.3. The van der Waals surface area contributed by atoms with Crippen LogP contribution in [-0.2, 0) is 9.59 Å². The molecule has 0 bridgehead atoms. The topological polar surface area (TPSA) is 105 Å². The lowest BCUT2D eigenvalue weighted by molar-refractivity contribution is -0.136. The lowest BCUT2D eigenvalue weighted by Gasteiger charge is -2.26. The first-order valence-electron chi connectivity index (χ1n) is 6.52. The van der Waals surface area contributed by atoms with Crippen LogP contribution in [0, 0.1) is 11.8 Å². The quantitative estimate of drug-likeness (QED) is 0.573. The van der Waals surface area contributed by atoms with Gasteiger partial charge in [0.25, 0.3) is 5.91 Å². The molecule has 2 atom stereocenters. The number of carbonyl (C=O) groups is 3. The molecule has 0 aliphatic carbocycles. The molecule has 2 unspecified atom stereocenters. The molecular weight excluding hydrogens is 248 g/mol. The fourth-order valence-corrected chi connectivity index (χ4v) is 2.71. The van der Waals surface area contributed by atoms with Gasteiger partial charge in [0.15, 0.2) is 0 Å². The minimum absolute atomic E-state index is 0.0386. The van der Waals surface area contributed by atoms with Crippen molar-refractivity contribution in [2.24, 2.45) is 17.6 Å². The number of likely N-dealkylation sites (tertiary alicyclic amines) is 1. The van der Waals surface area contributed by atoms with Crippen molar-refractivity contribution >= 4 is 17.8 Å². The van der Waals surface area contributed by atoms with Crippen LogP contribution in [0.15, 0.2) is 0 Å². The van der Waals surface area contributed by atoms with Crippen LogP contribution in [0.5, 0.6) is 0 Å². The van der Waals surface area contributed by atoms with E-state index in [0.717, 1.165) is 0 Å². The molecule has 106 valence electrons. The molecule has 7 heteroatoms. The number of rotatable bonds is 3. The Morgan fingerprint density at radius 2 is 2.16 bits per heavy atom. The van der Waals surface area contributed by atoms with Crippen molar-refractivity contribution in [2.75, 3.05) is 19.6 Å². The Balaban J connectivity index is 2.08. The van der Waals surface area contributed by atoms with Crippen molar-refractivity contribution < 1.29 is 14.4 Å². The summed E-state index contributed by atoms with van der Waals surface area (Å²) in [6.07, 6.45) is 0.450. The SMILES string of the molecule is CC(C)C(CN)C(=O)N1CCC2(C1)NC(=O)NC2=O. The number of nitrogens with zero attached hydrogens (tertiary/aromatic N) is 1. The van der Waals surface area contributed by atoms with Crippen LogP contribution in [0.2, 0.25) is 0 Å². The summed E-state index contributed by atoms with van der Waals surface area (Å²) < 4.78 is 0. The van der Waals surface area contributed by atoms with Gasteiger partial charge in [0, 0.05) is 13.1 Å². The third-order valence-electron chi connectivity index (χ3n) is 3.97. The van der Waals surface area contributed by atoms with Gasteiger partial charge in [-0.3, -0.25) is 14.9 Å². The standard InChI is InChI=1S/C12H20N4O3/c1-7(2)8(5-13)9(17)16-4-3-12(6-16)10(18)14-11(19)15-12/h7-8H,3-6,13H2,1-2H3,(H2,14,15,18,19). The number of hydrogen-bond acceptors (Lipinski definition) is 4. The molecule has 2 aliphatic rings. The van der Waals surface area contributed by atoms with Gasteiger partial charge in [0.1, 0.15) is 5.54 Å². The van der Waals surface area contributed by atoms with Crippen molar-refractivity contribution in [3.8, 4) is 0 Å².